The van der Waals surface area contributed by atoms with E-state index in [4.69, 9.17) is 0 Å². The molecule has 2 aromatic carbocycles. The molecule has 5 heteroatoms. The third kappa shape index (κ3) is 5.95. The highest BCUT2D eigenvalue weighted by molar-refractivity contribution is 7.89. The first-order chi connectivity index (χ1) is 14.0. The van der Waals surface area contributed by atoms with Crippen LogP contribution >= 0.6 is 0 Å². The van der Waals surface area contributed by atoms with Gasteiger partial charge in [0.15, 0.2) is 0 Å². The highest BCUT2D eigenvalue weighted by Crippen LogP contribution is 2.30. The van der Waals surface area contributed by atoms with Crippen molar-refractivity contribution < 1.29 is 8.42 Å². The summed E-state index contributed by atoms with van der Waals surface area (Å²) in [5, 5.41) is 1.76. The summed E-state index contributed by atoms with van der Waals surface area (Å²) in [6.07, 6.45) is 13.0. The summed E-state index contributed by atoms with van der Waals surface area (Å²) in [7, 11) is 0.407. The zero-order valence-electron chi connectivity index (χ0n) is 18.0. The Labute approximate surface area is 176 Å². The van der Waals surface area contributed by atoms with E-state index < -0.39 is 10.0 Å². The van der Waals surface area contributed by atoms with Crippen LogP contribution in [-0.4, -0.2) is 28.6 Å². The van der Waals surface area contributed by atoms with Crippen LogP contribution in [0.25, 0.3) is 10.8 Å². The van der Waals surface area contributed by atoms with E-state index in [9.17, 15) is 8.42 Å². The van der Waals surface area contributed by atoms with Crippen LogP contribution in [0.2, 0.25) is 0 Å². The molecule has 1 saturated carbocycles. The van der Waals surface area contributed by atoms with Crippen LogP contribution in [0.4, 0.5) is 5.69 Å². The summed E-state index contributed by atoms with van der Waals surface area (Å²) in [5.41, 5.74) is 1.03. The molecule has 0 radical (unpaired) electrons. The van der Waals surface area contributed by atoms with Crippen molar-refractivity contribution in [2.75, 3.05) is 19.0 Å². The first-order valence-electron chi connectivity index (χ1n) is 11.2. The number of fused-ring (bicyclic) bond motifs is 1. The Kier molecular flexibility index (Phi) is 7.96. The van der Waals surface area contributed by atoms with Gasteiger partial charge >= 0.3 is 0 Å². The molecule has 0 atom stereocenters. The minimum atomic E-state index is -3.56. The number of rotatable bonds is 4. The van der Waals surface area contributed by atoms with Gasteiger partial charge in [0.05, 0.1) is 4.90 Å². The lowest BCUT2D eigenvalue weighted by Crippen LogP contribution is -2.35. The zero-order chi connectivity index (χ0) is 20.7. The highest BCUT2D eigenvalue weighted by Gasteiger charge is 2.22. The Bertz CT molecular complexity index is 881. The van der Waals surface area contributed by atoms with Crippen molar-refractivity contribution in [3.63, 3.8) is 0 Å². The average molecular weight is 417 g/mol. The van der Waals surface area contributed by atoms with Crippen molar-refractivity contribution in [2.24, 2.45) is 0 Å². The SMILES string of the molecule is CN(C)c1cccc2c(S(=O)(=O)NC3CCCCCCCCCCC3)cccc12. The van der Waals surface area contributed by atoms with Gasteiger partial charge in [-0.25, -0.2) is 13.1 Å². The van der Waals surface area contributed by atoms with E-state index in [1.807, 2.05) is 49.3 Å². The standard InChI is InChI=1S/C24H36N2O2S/c1-26(2)23-18-12-17-22-21(23)16-13-19-24(22)29(27,28)25-20-14-10-8-6-4-3-5-7-9-11-15-20/h12-13,16-20,25H,3-11,14-15H2,1-2H3. The molecule has 0 unspecified atom stereocenters. The molecule has 1 aliphatic carbocycles. The minimum Gasteiger partial charge on any atom is -0.377 e. The number of nitrogens with one attached hydrogen (secondary N) is 1. The third-order valence-electron chi connectivity index (χ3n) is 6.06. The maximum atomic E-state index is 13.3. The molecular formula is C24H36N2O2S. The number of hydrogen-bond acceptors (Lipinski definition) is 3. The van der Waals surface area contributed by atoms with Gasteiger partial charge in [-0.2, -0.15) is 0 Å². The van der Waals surface area contributed by atoms with Crippen molar-refractivity contribution in [2.45, 2.75) is 81.6 Å². The molecule has 1 N–H and O–H groups in total. The highest BCUT2D eigenvalue weighted by atomic mass is 32.2. The van der Waals surface area contributed by atoms with Gasteiger partial charge in [0.1, 0.15) is 0 Å². The lowest BCUT2D eigenvalue weighted by Gasteiger charge is -2.21. The molecule has 0 aliphatic heterocycles. The second-order valence-electron chi connectivity index (χ2n) is 8.60. The molecule has 29 heavy (non-hydrogen) atoms. The molecular weight excluding hydrogens is 380 g/mol. The van der Waals surface area contributed by atoms with E-state index in [-0.39, 0.29) is 6.04 Å². The van der Waals surface area contributed by atoms with E-state index in [0.29, 0.717) is 4.90 Å². The van der Waals surface area contributed by atoms with Gasteiger partial charge in [-0.1, -0.05) is 82.1 Å². The predicted molar refractivity (Wildman–Crippen MR) is 123 cm³/mol. The van der Waals surface area contributed by atoms with Gasteiger partial charge in [0.2, 0.25) is 10.0 Å². The number of benzene rings is 2. The van der Waals surface area contributed by atoms with Crippen LogP contribution in [0.1, 0.15) is 70.6 Å². The van der Waals surface area contributed by atoms with Crippen LogP contribution in [0.3, 0.4) is 0 Å². The molecule has 0 saturated heterocycles. The normalized spacial score (nSPS) is 18.1. The minimum absolute atomic E-state index is 0.0340. The molecule has 0 aromatic heterocycles. The topological polar surface area (TPSA) is 49.4 Å². The number of hydrogen-bond donors (Lipinski definition) is 1. The van der Waals surface area contributed by atoms with Crippen LogP contribution < -0.4 is 9.62 Å². The van der Waals surface area contributed by atoms with E-state index in [0.717, 1.165) is 42.1 Å². The average Bonchev–Trinajstić information content (AvgIpc) is 2.68. The Hall–Kier alpha value is -1.59. The Morgan fingerprint density at radius 1 is 0.759 bits per heavy atom. The van der Waals surface area contributed by atoms with Crippen molar-refractivity contribution in [3.8, 4) is 0 Å². The summed E-state index contributed by atoms with van der Waals surface area (Å²) >= 11 is 0. The van der Waals surface area contributed by atoms with E-state index in [1.54, 1.807) is 6.07 Å². The molecule has 0 spiro atoms. The van der Waals surface area contributed by atoms with Crippen LogP contribution in [0.15, 0.2) is 41.3 Å². The molecule has 0 amide bonds. The summed E-state index contributed by atoms with van der Waals surface area (Å²) in [6.45, 7) is 0. The monoisotopic (exact) mass is 416 g/mol. The molecule has 0 bridgehead atoms. The number of nitrogens with zero attached hydrogens (tertiary/aromatic N) is 1. The van der Waals surface area contributed by atoms with Gasteiger partial charge in [-0.05, 0) is 25.0 Å². The molecule has 4 nitrogen and oxygen atoms in total. The molecule has 0 heterocycles. The van der Waals surface area contributed by atoms with Gasteiger partial charge in [-0.3, -0.25) is 0 Å². The third-order valence-corrected chi connectivity index (χ3v) is 7.64. The fourth-order valence-corrected chi connectivity index (χ4v) is 5.98. The fraction of sp³-hybridized carbons (Fsp3) is 0.583. The fourth-order valence-electron chi connectivity index (χ4n) is 4.45. The van der Waals surface area contributed by atoms with Gasteiger partial charge in [0.25, 0.3) is 0 Å². The molecule has 160 valence electrons. The van der Waals surface area contributed by atoms with Crippen molar-refractivity contribution in [1.82, 2.24) is 4.72 Å². The predicted octanol–water partition coefficient (Wildman–Crippen LogP) is 5.86. The lowest BCUT2D eigenvalue weighted by molar-refractivity contribution is 0.440. The Morgan fingerprint density at radius 3 is 1.86 bits per heavy atom. The summed E-state index contributed by atoms with van der Waals surface area (Å²) in [4.78, 5) is 2.42. The Morgan fingerprint density at radius 2 is 1.28 bits per heavy atom. The van der Waals surface area contributed by atoms with E-state index >= 15 is 0 Å². The van der Waals surface area contributed by atoms with Crippen molar-refractivity contribution in [1.29, 1.82) is 0 Å². The molecule has 2 aromatic rings. The maximum Gasteiger partial charge on any atom is 0.241 e. The van der Waals surface area contributed by atoms with Crippen LogP contribution in [0, 0.1) is 0 Å². The van der Waals surface area contributed by atoms with Crippen molar-refractivity contribution >= 4 is 26.5 Å². The molecule has 1 aliphatic rings. The summed E-state index contributed by atoms with van der Waals surface area (Å²) in [6, 6.07) is 11.5. The summed E-state index contributed by atoms with van der Waals surface area (Å²) in [5.74, 6) is 0. The second-order valence-corrected chi connectivity index (χ2v) is 10.3. The van der Waals surface area contributed by atoms with E-state index in [1.165, 1.54) is 44.9 Å². The first-order valence-corrected chi connectivity index (χ1v) is 12.7. The molecule has 1 fully saturated rings. The maximum absolute atomic E-state index is 13.3. The Balaban J connectivity index is 1.83. The smallest absolute Gasteiger partial charge is 0.241 e. The zero-order valence-corrected chi connectivity index (χ0v) is 18.8. The number of anilines is 1. The lowest BCUT2D eigenvalue weighted by atomic mass is 9.98. The largest absolute Gasteiger partial charge is 0.377 e. The van der Waals surface area contributed by atoms with Crippen molar-refractivity contribution in [3.05, 3.63) is 36.4 Å². The van der Waals surface area contributed by atoms with Gasteiger partial charge in [0, 0.05) is 36.6 Å². The van der Waals surface area contributed by atoms with Crippen LogP contribution in [-0.2, 0) is 10.0 Å². The molecule has 3 rings (SSSR count). The van der Waals surface area contributed by atoms with Crippen LogP contribution in [0.5, 0.6) is 0 Å². The van der Waals surface area contributed by atoms with Gasteiger partial charge < -0.3 is 4.90 Å². The quantitative estimate of drug-likeness (QED) is 0.679. The second kappa shape index (κ2) is 10.4. The summed E-state index contributed by atoms with van der Waals surface area (Å²) < 4.78 is 29.8. The van der Waals surface area contributed by atoms with E-state index in [2.05, 4.69) is 4.72 Å². The van der Waals surface area contributed by atoms with Gasteiger partial charge in [-0.15, -0.1) is 0 Å². The number of sulfonamides is 1. The first kappa shape index (κ1) is 22.1.